The van der Waals surface area contributed by atoms with Crippen LogP contribution >= 0.6 is 0 Å². The van der Waals surface area contributed by atoms with Crippen molar-refractivity contribution in [3.05, 3.63) is 30.2 Å². The number of nitrogens with zero attached hydrogens (tertiary/aromatic N) is 1. The van der Waals surface area contributed by atoms with Crippen molar-refractivity contribution in [2.24, 2.45) is 0 Å². The Morgan fingerprint density at radius 3 is 2.67 bits per heavy atom. The molecule has 112 valence electrons. The van der Waals surface area contributed by atoms with Gasteiger partial charge in [0.1, 0.15) is 11.4 Å². The molecule has 1 heterocycles. The lowest BCUT2D eigenvalue weighted by molar-refractivity contribution is 0.0636. The molecule has 0 atom stereocenters. The van der Waals surface area contributed by atoms with E-state index in [1.54, 1.807) is 20.8 Å². The highest BCUT2D eigenvalue weighted by Gasteiger charge is 2.17. The van der Waals surface area contributed by atoms with Gasteiger partial charge in [0.25, 0.3) is 6.01 Å². The highest BCUT2D eigenvalue weighted by atomic mass is 19.1. The third kappa shape index (κ3) is 3.95. The summed E-state index contributed by atoms with van der Waals surface area (Å²) in [4.78, 5) is 15.3. The zero-order chi connectivity index (χ0) is 15.6. The summed E-state index contributed by atoms with van der Waals surface area (Å²) in [5, 5.41) is 2.45. The van der Waals surface area contributed by atoms with Crippen LogP contribution in [0.2, 0.25) is 0 Å². The van der Waals surface area contributed by atoms with Gasteiger partial charge in [-0.15, -0.1) is 0 Å². The minimum Gasteiger partial charge on any atom is -0.444 e. The number of hydrogen-bond acceptors (Lipinski definition) is 5. The summed E-state index contributed by atoms with van der Waals surface area (Å²) >= 11 is 0. The summed E-state index contributed by atoms with van der Waals surface area (Å²) in [6.07, 6.45) is 0.674. The van der Waals surface area contributed by atoms with Gasteiger partial charge < -0.3 is 14.9 Å². The quantitative estimate of drug-likeness (QED) is 0.885. The lowest BCUT2D eigenvalue weighted by atomic mass is 10.1. The summed E-state index contributed by atoms with van der Waals surface area (Å²) in [5.74, 6) is -0.353. The fourth-order valence-corrected chi connectivity index (χ4v) is 1.63. The van der Waals surface area contributed by atoms with Gasteiger partial charge >= 0.3 is 6.09 Å². The molecule has 0 aliphatic carbocycles. The topological polar surface area (TPSA) is 90.4 Å². The van der Waals surface area contributed by atoms with E-state index in [0.717, 1.165) is 6.07 Å². The van der Waals surface area contributed by atoms with Gasteiger partial charge in [0, 0.05) is 5.69 Å². The highest BCUT2D eigenvalue weighted by Crippen LogP contribution is 2.26. The number of anilines is 2. The molecule has 0 fully saturated rings. The third-order valence-electron chi connectivity index (χ3n) is 2.40. The lowest BCUT2D eigenvalue weighted by Crippen LogP contribution is -2.27. The first-order valence-electron chi connectivity index (χ1n) is 6.26. The second-order valence-corrected chi connectivity index (χ2v) is 5.38. The number of oxazole rings is 1. The molecule has 2 rings (SSSR count). The smallest absolute Gasteiger partial charge is 0.412 e. The van der Waals surface area contributed by atoms with Crippen LogP contribution in [0.15, 0.2) is 28.8 Å². The predicted octanol–water partition coefficient (Wildman–Crippen LogP) is 3.41. The molecule has 6 nitrogen and oxygen atoms in total. The zero-order valence-electron chi connectivity index (χ0n) is 11.9. The van der Waals surface area contributed by atoms with E-state index in [9.17, 15) is 9.18 Å². The van der Waals surface area contributed by atoms with Crippen molar-refractivity contribution in [2.75, 3.05) is 11.1 Å². The fourth-order valence-electron chi connectivity index (χ4n) is 1.63. The number of rotatable bonds is 2. The van der Waals surface area contributed by atoms with Crippen molar-refractivity contribution in [3.8, 4) is 11.3 Å². The number of halogens is 1. The molecule has 0 aliphatic rings. The third-order valence-corrected chi connectivity index (χ3v) is 2.40. The molecule has 0 aliphatic heterocycles. The van der Waals surface area contributed by atoms with E-state index in [-0.39, 0.29) is 23.0 Å². The molecule has 2 aromatic rings. The standard InChI is InChI=1S/C14H16FN3O3/c1-14(2,3)21-13(19)18-8-4-5-9(10(15)6-8)11-7-17-12(16)20-11/h4-7H,1-3H3,(H2,16,17)(H,18,19). The Morgan fingerprint density at radius 1 is 1.43 bits per heavy atom. The molecule has 7 heteroatoms. The summed E-state index contributed by atoms with van der Waals surface area (Å²) in [6.45, 7) is 5.22. The second kappa shape index (κ2) is 5.43. The van der Waals surface area contributed by atoms with Gasteiger partial charge in [0.15, 0.2) is 5.76 Å². The summed E-state index contributed by atoms with van der Waals surface area (Å²) in [6, 6.07) is 4.11. The number of nitrogens with two attached hydrogens (primary N) is 1. The van der Waals surface area contributed by atoms with Gasteiger partial charge in [-0.2, -0.15) is 0 Å². The molecule has 0 saturated carbocycles. The molecule has 1 aromatic carbocycles. The lowest BCUT2D eigenvalue weighted by Gasteiger charge is -2.19. The molecule has 0 spiro atoms. The first kappa shape index (κ1) is 14.8. The van der Waals surface area contributed by atoms with Crippen LogP contribution in [0.1, 0.15) is 20.8 Å². The van der Waals surface area contributed by atoms with Crippen LogP contribution in [-0.4, -0.2) is 16.7 Å². The number of benzene rings is 1. The molecule has 0 unspecified atom stereocenters. The minimum absolute atomic E-state index is 0.0413. The number of nitrogen functional groups attached to an aromatic ring is 1. The van der Waals surface area contributed by atoms with Crippen LogP contribution in [0.3, 0.4) is 0 Å². The Morgan fingerprint density at radius 2 is 2.14 bits per heavy atom. The van der Waals surface area contributed by atoms with Gasteiger partial charge in [-0.1, -0.05) is 0 Å². The highest BCUT2D eigenvalue weighted by molar-refractivity contribution is 5.85. The van der Waals surface area contributed by atoms with Crippen molar-refractivity contribution < 1.29 is 18.3 Å². The maximum Gasteiger partial charge on any atom is 0.412 e. The molecule has 3 N–H and O–H groups in total. The van der Waals surface area contributed by atoms with Crippen molar-refractivity contribution in [2.45, 2.75) is 26.4 Å². The Kier molecular flexibility index (Phi) is 3.84. The van der Waals surface area contributed by atoms with Crippen LogP contribution < -0.4 is 11.1 Å². The van der Waals surface area contributed by atoms with Crippen LogP contribution in [0.5, 0.6) is 0 Å². The van der Waals surface area contributed by atoms with E-state index in [1.807, 2.05) is 0 Å². The van der Waals surface area contributed by atoms with Crippen LogP contribution in [0.4, 0.5) is 20.9 Å². The van der Waals surface area contributed by atoms with Crippen LogP contribution in [0, 0.1) is 5.82 Å². The van der Waals surface area contributed by atoms with E-state index in [2.05, 4.69) is 10.3 Å². The first-order chi connectivity index (χ1) is 9.74. The number of amides is 1. The van der Waals surface area contributed by atoms with Gasteiger partial charge in [0.2, 0.25) is 0 Å². The van der Waals surface area contributed by atoms with Crippen LogP contribution in [-0.2, 0) is 4.74 Å². The first-order valence-corrected chi connectivity index (χ1v) is 6.26. The molecular formula is C14H16FN3O3. The number of hydrogen-bond donors (Lipinski definition) is 2. The molecule has 0 radical (unpaired) electrons. The Balaban J connectivity index is 2.14. The van der Waals surface area contributed by atoms with Crippen molar-refractivity contribution in [3.63, 3.8) is 0 Å². The number of ether oxygens (including phenoxy) is 1. The summed E-state index contributed by atoms with van der Waals surface area (Å²) < 4.78 is 24.1. The average molecular weight is 293 g/mol. The number of aromatic nitrogens is 1. The molecule has 0 saturated heterocycles. The summed E-state index contributed by atoms with van der Waals surface area (Å²) in [7, 11) is 0. The molecule has 21 heavy (non-hydrogen) atoms. The SMILES string of the molecule is CC(C)(C)OC(=O)Nc1ccc(-c2cnc(N)o2)c(F)c1. The monoisotopic (exact) mass is 293 g/mol. The maximum absolute atomic E-state index is 14.0. The number of carbonyl (C=O) groups excluding carboxylic acids is 1. The zero-order valence-corrected chi connectivity index (χ0v) is 11.9. The van der Waals surface area contributed by atoms with E-state index in [0.29, 0.717) is 0 Å². The molecular weight excluding hydrogens is 277 g/mol. The molecule has 0 bridgehead atoms. The van der Waals surface area contributed by atoms with Gasteiger partial charge in [0.05, 0.1) is 11.8 Å². The second-order valence-electron chi connectivity index (χ2n) is 5.38. The van der Waals surface area contributed by atoms with E-state index < -0.39 is 17.5 Å². The molecule has 1 amide bonds. The van der Waals surface area contributed by atoms with Crippen molar-refractivity contribution in [1.29, 1.82) is 0 Å². The van der Waals surface area contributed by atoms with Gasteiger partial charge in [-0.25, -0.2) is 14.2 Å². The largest absolute Gasteiger partial charge is 0.444 e. The Labute approximate surface area is 121 Å². The normalized spacial score (nSPS) is 11.2. The van der Waals surface area contributed by atoms with Gasteiger partial charge in [-0.3, -0.25) is 5.32 Å². The Hall–Kier alpha value is -2.57. The van der Waals surface area contributed by atoms with E-state index in [4.69, 9.17) is 14.9 Å². The van der Waals surface area contributed by atoms with Crippen molar-refractivity contribution >= 4 is 17.8 Å². The average Bonchev–Trinajstić information content (AvgIpc) is 2.73. The van der Waals surface area contributed by atoms with Crippen molar-refractivity contribution in [1.82, 2.24) is 4.98 Å². The maximum atomic E-state index is 14.0. The number of nitrogens with one attached hydrogen (secondary N) is 1. The fraction of sp³-hybridized carbons (Fsp3) is 0.286. The predicted molar refractivity (Wildman–Crippen MR) is 76.2 cm³/mol. The minimum atomic E-state index is -0.654. The van der Waals surface area contributed by atoms with Gasteiger partial charge in [-0.05, 0) is 39.0 Å². The van der Waals surface area contributed by atoms with E-state index >= 15 is 0 Å². The summed E-state index contributed by atoms with van der Waals surface area (Å²) in [5.41, 5.74) is 5.20. The van der Waals surface area contributed by atoms with Crippen LogP contribution in [0.25, 0.3) is 11.3 Å². The number of carbonyl (C=O) groups is 1. The molecule has 1 aromatic heterocycles. The Bertz CT molecular complexity index is 662. The van der Waals surface area contributed by atoms with E-state index in [1.165, 1.54) is 18.3 Å².